The Balaban J connectivity index is 1.71. The van der Waals surface area contributed by atoms with Crippen molar-refractivity contribution in [2.75, 3.05) is 37.7 Å². The van der Waals surface area contributed by atoms with Gasteiger partial charge in [-0.05, 0) is 38.3 Å². The van der Waals surface area contributed by atoms with Gasteiger partial charge < -0.3 is 5.32 Å². The highest BCUT2D eigenvalue weighted by Crippen LogP contribution is 2.22. The molecule has 2 heterocycles. The Bertz CT molecular complexity index is 425. The van der Waals surface area contributed by atoms with E-state index >= 15 is 0 Å². The fraction of sp³-hybridized carbons (Fsp3) is 1.00. The second-order valence-electron chi connectivity index (χ2n) is 5.87. The molecule has 2 atom stereocenters. The summed E-state index contributed by atoms with van der Waals surface area (Å²) < 4.78 is 59.8. The SMILES string of the molecule is O=S1(=O)CCCC(NCC2CCN(CC(F)(F)F)C2)C1. The minimum atomic E-state index is -4.14. The lowest BCUT2D eigenvalue weighted by Gasteiger charge is -2.24. The smallest absolute Gasteiger partial charge is 0.313 e. The summed E-state index contributed by atoms with van der Waals surface area (Å²) in [5, 5.41) is 3.22. The number of alkyl halides is 3. The first-order valence-corrected chi connectivity index (χ1v) is 8.78. The highest BCUT2D eigenvalue weighted by Gasteiger charge is 2.34. The summed E-state index contributed by atoms with van der Waals surface area (Å²) in [5.74, 6) is 0.599. The van der Waals surface area contributed by atoms with Gasteiger partial charge in [-0.25, -0.2) is 8.42 Å². The fourth-order valence-corrected chi connectivity index (χ4v) is 4.66. The number of hydrogen-bond donors (Lipinski definition) is 1. The van der Waals surface area contributed by atoms with Crippen molar-refractivity contribution >= 4 is 9.84 Å². The van der Waals surface area contributed by atoms with E-state index in [2.05, 4.69) is 5.32 Å². The zero-order chi connectivity index (χ0) is 14.8. The second kappa shape index (κ2) is 6.19. The second-order valence-corrected chi connectivity index (χ2v) is 8.10. The zero-order valence-electron chi connectivity index (χ0n) is 11.3. The lowest BCUT2D eigenvalue weighted by atomic mass is 10.1. The van der Waals surface area contributed by atoms with Crippen molar-refractivity contribution < 1.29 is 21.6 Å². The van der Waals surface area contributed by atoms with Gasteiger partial charge in [-0.1, -0.05) is 0 Å². The summed E-state index contributed by atoms with van der Waals surface area (Å²) in [6, 6.07) is -0.0367. The van der Waals surface area contributed by atoms with E-state index in [1.807, 2.05) is 0 Å². The zero-order valence-corrected chi connectivity index (χ0v) is 12.1. The van der Waals surface area contributed by atoms with Crippen LogP contribution >= 0.6 is 0 Å². The van der Waals surface area contributed by atoms with Crippen molar-refractivity contribution in [3.8, 4) is 0 Å². The quantitative estimate of drug-likeness (QED) is 0.842. The monoisotopic (exact) mass is 314 g/mol. The molecule has 0 aliphatic carbocycles. The first-order valence-electron chi connectivity index (χ1n) is 6.96. The summed E-state index contributed by atoms with van der Waals surface area (Å²) in [6.07, 6.45) is -1.90. The minimum absolute atomic E-state index is 0.0367. The average molecular weight is 314 g/mol. The van der Waals surface area contributed by atoms with Gasteiger partial charge in [0.2, 0.25) is 0 Å². The van der Waals surface area contributed by atoms with E-state index in [1.54, 1.807) is 0 Å². The minimum Gasteiger partial charge on any atom is -0.313 e. The van der Waals surface area contributed by atoms with Crippen LogP contribution in [0.25, 0.3) is 0 Å². The Morgan fingerprint density at radius 1 is 1.25 bits per heavy atom. The molecule has 0 amide bonds. The Morgan fingerprint density at radius 3 is 2.65 bits per heavy atom. The van der Waals surface area contributed by atoms with Crippen LogP contribution in [0.1, 0.15) is 19.3 Å². The molecule has 0 spiro atoms. The fourth-order valence-electron chi connectivity index (χ4n) is 2.99. The number of sulfone groups is 1. The van der Waals surface area contributed by atoms with Crippen molar-refractivity contribution in [3.63, 3.8) is 0 Å². The molecule has 2 fully saturated rings. The molecule has 0 bridgehead atoms. The van der Waals surface area contributed by atoms with Gasteiger partial charge in [0.25, 0.3) is 0 Å². The lowest BCUT2D eigenvalue weighted by Crippen LogP contribution is -2.42. The Kier molecular flexibility index (Phi) is 4.96. The van der Waals surface area contributed by atoms with Gasteiger partial charge in [-0.3, -0.25) is 4.90 Å². The molecule has 20 heavy (non-hydrogen) atoms. The molecule has 0 aromatic rings. The third-order valence-electron chi connectivity index (χ3n) is 3.93. The largest absolute Gasteiger partial charge is 0.401 e. The van der Waals surface area contributed by atoms with Gasteiger partial charge in [0.15, 0.2) is 9.84 Å². The van der Waals surface area contributed by atoms with Gasteiger partial charge in [0, 0.05) is 12.6 Å². The van der Waals surface area contributed by atoms with Gasteiger partial charge in [-0.2, -0.15) is 13.2 Å². The normalized spacial score (nSPS) is 31.6. The lowest BCUT2D eigenvalue weighted by molar-refractivity contribution is -0.143. The van der Waals surface area contributed by atoms with Crippen LogP contribution in [0.3, 0.4) is 0 Å². The van der Waals surface area contributed by atoms with Gasteiger partial charge in [0.05, 0.1) is 18.1 Å². The molecular weight excluding hydrogens is 293 g/mol. The standard InChI is InChI=1S/C12H21F3N2O2S/c13-12(14,15)9-17-4-3-10(7-17)6-16-11-2-1-5-20(18,19)8-11/h10-11,16H,1-9H2. The molecule has 8 heteroatoms. The highest BCUT2D eigenvalue weighted by molar-refractivity contribution is 7.91. The molecule has 0 saturated carbocycles. The maximum Gasteiger partial charge on any atom is 0.401 e. The molecule has 2 unspecified atom stereocenters. The van der Waals surface area contributed by atoms with Crippen LogP contribution in [0.5, 0.6) is 0 Å². The number of hydrogen-bond acceptors (Lipinski definition) is 4. The van der Waals surface area contributed by atoms with Crippen molar-refractivity contribution in [1.29, 1.82) is 0 Å². The van der Waals surface area contributed by atoms with Gasteiger partial charge in [0.1, 0.15) is 0 Å². The topological polar surface area (TPSA) is 49.4 Å². The van der Waals surface area contributed by atoms with Crippen molar-refractivity contribution in [1.82, 2.24) is 10.2 Å². The van der Waals surface area contributed by atoms with Crippen LogP contribution in [0, 0.1) is 5.92 Å². The molecule has 2 aliphatic heterocycles. The first kappa shape index (κ1) is 16.0. The summed E-state index contributed by atoms with van der Waals surface area (Å²) >= 11 is 0. The maximum atomic E-state index is 12.3. The molecular formula is C12H21F3N2O2S. The number of halogens is 3. The molecule has 4 nitrogen and oxygen atoms in total. The molecule has 0 aromatic carbocycles. The van der Waals surface area contributed by atoms with Crippen molar-refractivity contribution in [2.24, 2.45) is 5.92 Å². The third-order valence-corrected chi connectivity index (χ3v) is 5.75. The Hall–Kier alpha value is -0.340. The van der Waals surface area contributed by atoms with Crippen molar-refractivity contribution in [3.05, 3.63) is 0 Å². The van der Waals surface area contributed by atoms with Gasteiger partial charge in [-0.15, -0.1) is 0 Å². The predicted molar refractivity (Wildman–Crippen MR) is 70.3 cm³/mol. The van der Waals surface area contributed by atoms with Crippen molar-refractivity contribution in [2.45, 2.75) is 31.5 Å². The maximum absolute atomic E-state index is 12.3. The summed E-state index contributed by atoms with van der Waals surface area (Å²) in [5.41, 5.74) is 0. The van der Waals surface area contributed by atoms with Crippen LogP contribution in [-0.2, 0) is 9.84 Å². The number of rotatable bonds is 4. The van der Waals surface area contributed by atoms with E-state index in [0.29, 0.717) is 26.1 Å². The molecule has 0 aromatic heterocycles. The molecule has 0 radical (unpaired) electrons. The van der Waals surface area contributed by atoms with E-state index in [-0.39, 0.29) is 23.5 Å². The number of nitrogens with one attached hydrogen (secondary N) is 1. The average Bonchev–Trinajstić information content (AvgIpc) is 2.70. The van der Waals surface area contributed by atoms with Crippen LogP contribution in [-0.4, -0.2) is 63.2 Å². The highest BCUT2D eigenvalue weighted by atomic mass is 32.2. The molecule has 118 valence electrons. The molecule has 1 N–H and O–H groups in total. The summed E-state index contributed by atoms with van der Waals surface area (Å²) in [7, 11) is -2.93. The molecule has 2 aliphatic rings. The van der Waals surface area contributed by atoms with Gasteiger partial charge >= 0.3 is 6.18 Å². The first-order chi connectivity index (χ1) is 9.23. The summed E-state index contributed by atoms with van der Waals surface area (Å²) in [4.78, 5) is 1.42. The molecule has 2 saturated heterocycles. The van der Waals surface area contributed by atoms with Crippen LogP contribution in [0.15, 0.2) is 0 Å². The Labute approximate surface area is 117 Å². The van der Waals surface area contributed by atoms with E-state index in [4.69, 9.17) is 0 Å². The van der Waals surface area contributed by atoms with Crippen LogP contribution in [0.4, 0.5) is 13.2 Å². The summed E-state index contributed by atoms with van der Waals surface area (Å²) in [6.45, 7) is 0.663. The molecule has 2 rings (SSSR count). The number of nitrogens with zero attached hydrogens (tertiary/aromatic N) is 1. The van der Waals surface area contributed by atoms with E-state index in [9.17, 15) is 21.6 Å². The Morgan fingerprint density at radius 2 is 2.00 bits per heavy atom. The third kappa shape index (κ3) is 5.21. The van der Waals surface area contributed by atoms with Crippen LogP contribution in [0.2, 0.25) is 0 Å². The van der Waals surface area contributed by atoms with E-state index in [1.165, 1.54) is 4.90 Å². The van der Waals surface area contributed by atoms with E-state index < -0.39 is 22.6 Å². The number of likely N-dealkylation sites (tertiary alicyclic amines) is 1. The van der Waals surface area contributed by atoms with E-state index in [0.717, 1.165) is 12.8 Å². The van der Waals surface area contributed by atoms with Crippen LogP contribution < -0.4 is 5.32 Å². The predicted octanol–water partition coefficient (Wildman–Crippen LogP) is 1.04.